The van der Waals surface area contributed by atoms with Crippen molar-refractivity contribution in [1.29, 1.82) is 0 Å². The average Bonchev–Trinajstić information content (AvgIpc) is 2.48. The van der Waals surface area contributed by atoms with Crippen molar-refractivity contribution in [1.82, 2.24) is 10.3 Å². The molecular formula is C16H17N3O. The fraction of sp³-hybridized carbons (Fsp3) is 0.125. The van der Waals surface area contributed by atoms with Crippen LogP contribution in [0.1, 0.15) is 11.1 Å². The molecule has 1 aromatic heterocycles. The molecule has 0 radical (unpaired) electrons. The molecule has 2 rings (SSSR count). The van der Waals surface area contributed by atoms with Gasteiger partial charge < -0.3 is 11.1 Å². The van der Waals surface area contributed by atoms with E-state index >= 15 is 0 Å². The Bertz CT molecular complexity index is 576. The lowest BCUT2D eigenvalue weighted by atomic mass is 10.2. The highest BCUT2D eigenvalue weighted by molar-refractivity contribution is 5.91. The van der Waals surface area contributed by atoms with Crippen LogP contribution >= 0.6 is 0 Å². The number of nitrogens with two attached hydrogens (primary N) is 1. The number of rotatable bonds is 5. The highest BCUT2D eigenvalue weighted by Crippen LogP contribution is 2.06. The lowest BCUT2D eigenvalue weighted by molar-refractivity contribution is -0.116. The summed E-state index contributed by atoms with van der Waals surface area (Å²) >= 11 is 0. The van der Waals surface area contributed by atoms with Gasteiger partial charge in [0.25, 0.3) is 0 Å². The molecule has 4 heteroatoms. The van der Waals surface area contributed by atoms with Crippen LogP contribution in [0.4, 0.5) is 5.69 Å². The summed E-state index contributed by atoms with van der Waals surface area (Å²) in [6.07, 6.45) is 7.58. The summed E-state index contributed by atoms with van der Waals surface area (Å²) in [5.74, 6) is -0.101. The minimum absolute atomic E-state index is 0.101. The molecule has 0 aliphatic rings. The monoisotopic (exact) mass is 267 g/mol. The zero-order chi connectivity index (χ0) is 14.2. The first-order chi connectivity index (χ1) is 9.74. The Hall–Kier alpha value is -2.62. The van der Waals surface area contributed by atoms with Gasteiger partial charge in [-0.1, -0.05) is 12.1 Å². The van der Waals surface area contributed by atoms with E-state index in [-0.39, 0.29) is 5.91 Å². The molecule has 2 aromatic rings. The van der Waals surface area contributed by atoms with Gasteiger partial charge in [-0.25, -0.2) is 0 Å². The Balaban J connectivity index is 1.76. The molecule has 0 bridgehead atoms. The van der Waals surface area contributed by atoms with Gasteiger partial charge in [0.05, 0.1) is 0 Å². The summed E-state index contributed by atoms with van der Waals surface area (Å²) in [7, 11) is 0. The quantitative estimate of drug-likeness (QED) is 0.643. The molecule has 20 heavy (non-hydrogen) atoms. The van der Waals surface area contributed by atoms with E-state index < -0.39 is 0 Å². The molecule has 0 aliphatic carbocycles. The summed E-state index contributed by atoms with van der Waals surface area (Å²) in [5.41, 5.74) is 8.41. The number of aromatic nitrogens is 1. The number of anilines is 1. The second-order valence-electron chi connectivity index (χ2n) is 4.40. The van der Waals surface area contributed by atoms with E-state index in [9.17, 15) is 4.79 Å². The molecule has 3 N–H and O–H groups in total. The number of nitrogens with one attached hydrogen (secondary N) is 1. The van der Waals surface area contributed by atoms with E-state index in [1.54, 1.807) is 30.6 Å². The van der Waals surface area contributed by atoms with E-state index in [0.717, 1.165) is 17.5 Å². The number of amides is 1. The van der Waals surface area contributed by atoms with Gasteiger partial charge >= 0.3 is 0 Å². The van der Waals surface area contributed by atoms with Crippen molar-refractivity contribution in [3.05, 3.63) is 66.0 Å². The Morgan fingerprint density at radius 1 is 1.15 bits per heavy atom. The van der Waals surface area contributed by atoms with Crippen LogP contribution in [-0.4, -0.2) is 17.4 Å². The first-order valence-electron chi connectivity index (χ1n) is 6.44. The molecule has 1 aromatic carbocycles. The molecule has 1 amide bonds. The van der Waals surface area contributed by atoms with Crippen LogP contribution in [0.15, 0.2) is 54.9 Å². The number of hydrogen-bond donors (Lipinski definition) is 2. The normalized spacial score (nSPS) is 10.6. The molecule has 0 atom stereocenters. The van der Waals surface area contributed by atoms with Crippen molar-refractivity contribution in [2.45, 2.75) is 6.42 Å². The maximum atomic E-state index is 11.6. The summed E-state index contributed by atoms with van der Waals surface area (Å²) < 4.78 is 0. The van der Waals surface area contributed by atoms with Crippen molar-refractivity contribution in [2.75, 3.05) is 12.3 Å². The first-order valence-corrected chi connectivity index (χ1v) is 6.44. The number of nitrogens with zero attached hydrogens (tertiary/aromatic N) is 1. The van der Waals surface area contributed by atoms with Crippen LogP contribution in [-0.2, 0) is 11.2 Å². The lowest BCUT2D eigenvalue weighted by Gasteiger charge is -2.02. The Morgan fingerprint density at radius 2 is 1.85 bits per heavy atom. The van der Waals surface area contributed by atoms with E-state index in [4.69, 9.17) is 5.73 Å². The van der Waals surface area contributed by atoms with E-state index in [0.29, 0.717) is 12.2 Å². The topological polar surface area (TPSA) is 68.0 Å². The number of carbonyl (C=O) groups excluding carboxylic acids is 1. The molecule has 1 heterocycles. The SMILES string of the molecule is Nc1ccc(/C=C/C(=O)NCCc2ccncc2)cc1. The van der Waals surface area contributed by atoms with Gasteiger partial charge in [-0.05, 0) is 47.9 Å². The third-order valence-corrected chi connectivity index (χ3v) is 2.83. The van der Waals surface area contributed by atoms with Gasteiger partial charge in [0.15, 0.2) is 0 Å². The number of hydrogen-bond acceptors (Lipinski definition) is 3. The lowest BCUT2D eigenvalue weighted by Crippen LogP contribution is -2.23. The van der Waals surface area contributed by atoms with Crippen LogP contribution in [0.5, 0.6) is 0 Å². The summed E-state index contributed by atoms with van der Waals surface area (Å²) in [5, 5.41) is 2.84. The predicted molar refractivity (Wildman–Crippen MR) is 80.8 cm³/mol. The zero-order valence-electron chi connectivity index (χ0n) is 11.1. The van der Waals surface area contributed by atoms with Crippen molar-refractivity contribution < 1.29 is 4.79 Å². The predicted octanol–water partition coefficient (Wildman–Crippen LogP) is 2.04. The molecule has 0 saturated heterocycles. The number of pyridine rings is 1. The number of carbonyl (C=O) groups is 1. The van der Waals surface area contributed by atoms with E-state index in [1.807, 2.05) is 24.3 Å². The van der Waals surface area contributed by atoms with Crippen LogP contribution < -0.4 is 11.1 Å². The van der Waals surface area contributed by atoms with Gasteiger partial charge in [0.2, 0.25) is 5.91 Å². The third-order valence-electron chi connectivity index (χ3n) is 2.83. The van der Waals surface area contributed by atoms with Gasteiger partial charge in [0.1, 0.15) is 0 Å². The summed E-state index contributed by atoms with van der Waals surface area (Å²) in [4.78, 5) is 15.6. The van der Waals surface area contributed by atoms with Crippen LogP contribution in [0.25, 0.3) is 6.08 Å². The van der Waals surface area contributed by atoms with E-state index in [2.05, 4.69) is 10.3 Å². The second kappa shape index (κ2) is 7.09. The maximum absolute atomic E-state index is 11.6. The van der Waals surface area contributed by atoms with Gasteiger partial charge in [-0.15, -0.1) is 0 Å². The number of nitrogen functional groups attached to an aromatic ring is 1. The van der Waals surface area contributed by atoms with Crippen LogP contribution in [0, 0.1) is 0 Å². The minimum atomic E-state index is -0.101. The molecule has 102 valence electrons. The fourth-order valence-corrected chi connectivity index (χ4v) is 1.72. The van der Waals surface area contributed by atoms with Gasteiger partial charge in [-0.3, -0.25) is 9.78 Å². The zero-order valence-corrected chi connectivity index (χ0v) is 11.1. The molecule has 0 fully saturated rings. The van der Waals surface area contributed by atoms with E-state index in [1.165, 1.54) is 6.08 Å². The standard InChI is InChI=1S/C16H17N3O/c17-15-4-1-13(2-5-15)3-6-16(20)19-12-9-14-7-10-18-11-8-14/h1-8,10-11H,9,12,17H2,(H,19,20)/b6-3+. The minimum Gasteiger partial charge on any atom is -0.399 e. The van der Waals surface area contributed by atoms with Crippen LogP contribution in [0.2, 0.25) is 0 Å². The first kappa shape index (κ1) is 13.8. The molecule has 0 unspecified atom stereocenters. The van der Waals surface area contributed by atoms with Crippen molar-refractivity contribution in [3.63, 3.8) is 0 Å². The van der Waals surface area contributed by atoms with Crippen molar-refractivity contribution in [3.8, 4) is 0 Å². The summed E-state index contributed by atoms with van der Waals surface area (Å²) in [6, 6.07) is 11.2. The molecule has 4 nitrogen and oxygen atoms in total. The molecule has 0 aliphatic heterocycles. The smallest absolute Gasteiger partial charge is 0.244 e. The molecule has 0 saturated carbocycles. The Kier molecular flexibility index (Phi) is 4.89. The highest BCUT2D eigenvalue weighted by Gasteiger charge is 1.96. The van der Waals surface area contributed by atoms with Crippen molar-refractivity contribution >= 4 is 17.7 Å². The fourth-order valence-electron chi connectivity index (χ4n) is 1.72. The van der Waals surface area contributed by atoms with Crippen molar-refractivity contribution in [2.24, 2.45) is 0 Å². The van der Waals surface area contributed by atoms with Gasteiger partial charge in [0, 0.05) is 30.7 Å². The summed E-state index contributed by atoms with van der Waals surface area (Å²) in [6.45, 7) is 0.606. The number of benzene rings is 1. The molecule has 0 spiro atoms. The Morgan fingerprint density at radius 3 is 2.55 bits per heavy atom. The maximum Gasteiger partial charge on any atom is 0.244 e. The average molecular weight is 267 g/mol. The largest absolute Gasteiger partial charge is 0.399 e. The third kappa shape index (κ3) is 4.57. The Labute approximate surface area is 118 Å². The second-order valence-corrected chi connectivity index (χ2v) is 4.40. The highest BCUT2D eigenvalue weighted by atomic mass is 16.1. The van der Waals surface area contributed by atoms with Crippen LogP contribution in [0.3, 0.4) is 0 Å². The molecular weight excluding hydrogens is 250 g/mol. The van der Waals surface area contributed by atoms with Gasteiger partial charge in [-0.2, -0.15) is 0 Å².